The minimum absolute atomic E-state index is 0.342. The Labute approximate surface area is 144 Å². The van der Waals surface area contributed by atoms with Gasteiger partial charge in [0.2, 0.25) is 5.91 Å². The van der Waals surface area contributed by atoms with E-state index in [1.54, 1.807) is 36.4 Å². The fourth-order valence-electron chi connectivity index (χ4n) is 2.10. The maximum atomic E-state index is 12.1. The van der Waals surface area contributed by atoms with E-state index in [1.807, 2.05) is 18.2 Å². The summed E-state index contributed by atoms with van der Waals surface area (Å²) in [6, 6.07) is 14.4. The quantitative estimate of drug-likeness (QED) is 0.670. The number of nitrogens with one attached hydrogen (secondary N) is 2. The van der Waals surface area contributed by atoms with Crippen LogP contribution >= 0.6 is 11.6 Å². The number of rotatable bonds is 7. The van der Waals surface area contributed by atoms with E-state index in [9.17, 15) is 9.59 Å². The Balaban J connectivity index is 1.92. The second kappa shape index (κ2) is 8.90. The molecule has 2 rings (SSSR count). The van der Waals surface area contributed by atoms with E-state index in [-0.39, 0.29) is 0 Å². The molecular weight excluding hydrogens is 330 g/mol. The fourth-order valence-corrected chi connectivity index (χ4v) is 2.23. The van der Waals surface area contributed by atoms with Crippen molar-refractivity contribution >= 4 is 23.5 Å². The van der Waals surface area contributed by atoms with Crippen LogP contribution in [0.3, 0.4) is 0 Å². The van der Waals surface area contributed by atoms with Crippen molar-refractivity contribution in [3.63, 3.8) is 0 Å². The summed E-state index contributed by atoms with van der Waals surface area (Å²) < 4.78 is 5.56. The first kappa shape index (κ1) is 17.8. The summed E-state index contributed by atoms with van der Waals surface area (Å²) in [6.45, 7) is 0.739. The molecule has 6 nitrogen and oxygen atoms in total. The summed E-state index contributed by atoms with van der Waals surface area (Å²) in [5.74, 6) is 0.166. The van der Waals surface area contributed by atoms with Crippen molar-refractivity contribution in [3.8, 4) is 5.75 Å². The summed E-state index contributed by atoms with van der Waals surface area (Å²) in [6.07, 6.45) is 0. The minimum Gasteiger partial charge on any atom is -0.492 e. The molecule has 4 N–H and O–H groups in total. The zero-order chi connectivity index (χ0) is 17.4. The molecule has 0 aliphatic carbocycles. The Bertz CT molecular complexity index is 677. The molecule has 0 aliphatic rings. The van der Waals surface area contributed by atoms with E-state index in [2.05, 4.69) is 10.6 Å². The topological polar surface area (TPSA) is 93.5 Å². The van der Waals surface area contributed by atoms with E-state index in [4.69, 9.17) is 22.1 Å². The van der Waals surface area contributed by atoms with Gasteiger partial charge in [0, 0.05) is 11.6 Å². The standard InChI is InChI=1S/C17H18ClN3O3/c18-13-6-8-14(9-7-13)24-11-10-20-15(16(22)21-17(19)23)12-4-2-1-3-5-12/h1-9,15,20H,10-11H2,(H3,19,21,22,23)/t15-/m1/s1. The van der Waals surface area contributed by atoms with Gasteiger partial charge in [-0.3, -0.25) is 15.4 Å². The van der Waals surface area contributed by atoms with Crippen molar-refractivity contribution < 1.29 is 14.3 Å². The number of ether oxygens (including phenoxy) is 1. The lowest BCUT2D eigenvalue weighted by atomic mass is 10.1. The summed E-state index contributed by atoms with van der Waals surface area (Å²) in [5.41, 5.74) is 5.74. The van der Waals surface area contributed by atoms with E-state index in [1.165, 1.54) is 0 Å². The molecule has 126 valence electrons. The minimum atomic E-state index is -0.889. The predicted molar refractivity (Wildman–Crippen MR) is 91.9 cm³/mol. The lowest BCUT2D eigenvalue weighted by Crippen LogP contribution is -2.43. The van der Waals surface area contributed by atoms with E-state index >= 15 is 0 Å². The number of amides is 3. The summed E-state index contributed by atoms with van der Waals surface area (Å²) >= 11 is 5.81. The molecular formula is C17H18ClN3O3. The number of nitrogens with two attached hydrogens (primary N) is 1. The Kier molecular flexibility index (Phi) is 6.60. The third-order valence-electron chi connectivity index (χ3n) is 3.17. The van der Waals surface area contributed by atoms with Gasteiger partial charge in [0.15, 0.2) is 0 Å². The lowest BCUT2D eigenvalue weighted by molar-refractivity contribution is -0.122. The number of halogens is 1. The number of primary amides is 1. The first-order valence-corrected chi connectivity index (χ1v) is 7.71. The Morgan fingerprint density at radius 3 is 2.38 bits per heavy atom. The highest BCUT2D eigenvalue weighted by molar-refractivity contribution is 6.30. The summed E-state index contributed by atoms with van der Waals surface area (Å²) in [7, 11) is 0. The second-order valence-electron chi connectivity index (χ2n) is 4.95. The lowest BCUT2D eigenvalue weighted by Gasteiger charge is -2.18. The van der Waals surface area contributed by atoms with Gasteiger partial charge in [-0.2, -0.15) is 0 Å². The molecule has 0 aromatic heterocycles. The zero-order valence-electron chi connectivity index (χ0n) is 12.9. The summed E-state index contributed by atoms with van der Waals surface area (Å²) in [5, 5.41) is 5.77. The molecule has 24 heavy (non-hydrogen) atoms. The molecule has 0 bridgehead atoms. The van der Waals surface area contributed by atoms with Crippen molar-refractivity contribution in [1.29, 1.82) is 0 Å². The number of urea groups is 1. The van der Waals surface area contributed by atoms with E-state index in [0.717, 1.165) is 5.56 Å². The van der Waals surface area contributed by atoms with Crippen LogP contribution < -0.4 is 21.1 Å². The molecule has 1 atom stereocenters. The first-order chi connectivity index (χ1) is 11.6. The molecule has 0 spiro atoms. The normalized spacial score (nSPS) is 11.5. The summed E-state index contributed by atoms with van der Waals surface area (Å²) in [4.78, 5) is 23.0. The number of benzene rings is 2. The van der Waals surface area contributed by atoms with Crippen LogP contribution in [0.5, 0.6) is 5.75 Å². The second-order valence-corrected chi connectivity index (χ2v) is 5.39. The smallest absolute Gasteiger partial charge is 0.318 e. The molecule has 0 saturated heterocycles. The third kappa shape index (κ3) is 5.57. The van der Waals surface area contributed by atoms with Crippen LogP contribution in [0.25, 0.3) is 0 Å². The van der Waals surface area contributed by atoms with Crippen molar-refractivity contribution in [3.05, 3.63) is 65.2 Å². The highest BCUT2D eigenvalue weighted by Gasteiger charge is 2.20. The van der Waals surface area contributed by atoms with Crippen LogP contribution in [0.2, 0.25) is 5.02 Å². The molecule has 0 unspecified atom stereocenters. The van der Waals surface area contributed by atoms with Crippen LogP contribution in [0.4, 0.5) is 4.79 Å². The third-order valence-corrected chi connectivity index (χ3v) is 3.43. The molecule has 2 aromatic rings. The van der Waals surface area contributed by atoms with Gasteiger partial charge in [0.25, 0.3) is 0 Å². The van der Waals surface area contributed by atoms with Gasteiger partial charge in [-0.05, 0) is 29.8 Å². The molecule has 3 amide bonds. The van der Waals surface area contributed by atoms with E-state index < -0.39 is 18.0 Å². The highest BCUT2D eigenvalue weighted by atomic mass is 35.5. The first-order valence-electron chi connectivity index (χ1n) is 7.33. The van der Waals surface area contributed by atoms with Crippen LogP contribution in [0.1, 0.15) is 11.6 Å². The van der Waals surface area contributed by atoms with Gasteiger partial charge in [-0.15, -0.1) is 0 Å². The average molecular weight is 348 g/mol. The van der Waals surface area contributed by atoms with Gasteiger partial charge in [-0.25, -0.2) is 4.79 Å². The molecule has 2 aromatic carbocycles. The number of carbonyl (C=O) groups excluding carboxylic acids is 2. The van der Waals surface area contributed by atoms with Gasteiger partial charge in [0.05, 0.1) is 0 Å². The fraction of sp³-hybridized carbons (Fsp3) is 0.176. The zero-order valence-corrected chi connectivity index (χ0v) is 13.6. The highest BCUT2D eigenvalue weighted by Crippen LogP contribution is 2.16. The van der Waals surface area contributed by atoms with Crippen molar-refractivity contribution in [2.75, 3.05) is 13.2 Å². The average Bonchev–Trinajstić information content (AvgIpc) is 2.56. The van der Waals surface area contributed by atoms with Crippen molar-refractivity contribution in [1.82, 2.24) is 10.6 Å². The Morgan fingerprint density at radius 2 is 1.75 bits per heavy atom. The van der Waals surface area contributed by atoms with Crippen LogP contribution in [-0.2, 0) is 4.79 Å². The predicted octanol–water partition coefficient (Wildman–Crippen LogP) is 2.24. The van der Waals surface area contributed by atoms with Crippen LogP contribution in [0, 0.1) is 0 Å². The van der Waals surface area contributed by atoms with Crippen molar-refractivity contribution in [2.45, 2.75) is 6.04 Å². The number of hydrogen-bond acceptors (Lipinski definition) is 4. The molecule has 0 fully saturated rings. The molecule has 0 aliphatic heterocycles. The number of imide groups is 1. The monoisotopic (exact) mass is 347 g/mol. The van der Waals surface area contributed by atoms with Crippen molar-refractivity contribution in [2.24, 2.45) is 5.73 Å². The van der Waals surface area contributed by atoms with Gasteiger partial charge >= 0.3 is 6.03 Å². The van der Waals surface area contributed by atoms with Gasteiger partial charge in [-0.1, -0.05) is 41.9 Å². The maximum absolute atomic E-state index is 12.1. The maximum Gasteiger partial charge on any atom is 0.318 e. The largest absolute Gasteiger partial charge is 0.492 e. The molecule has 7 heteroatoms. The number of carbonyl (C=O) groups is 2. The Morgan fingerprint density at radius 1 is 1.08 bits per heavy atom. The van der Waals surface area contributed by atoms with Gasteiger partial charge < -0.3 is 10.5 Å². The van der Waals surface area contributed by atoms with Gasteiger partial charge in [0.1, 0.15) is 18.4 Å². The Hall–Kier alpha value is -2.57. The molecule has 0 saturated carbocycles. The van der Waals surface area contributed by atoms with Crippen LogP contribution in [0.15, 0.2) is 54.6 Å². The van der Waals surface area contributed by atoms with E-state index in [0.29, 0.717) is 23.9 Å². The van der Waals surface area contributed by atoms with Crippen LogP contribution in [-0.4, -0.2) is 25.1 Å². The SMILES string of the molecule is NC(=O)NC(=O)[C@H](NCCOc1ccc(Cl)cc1)c1ccccc1. The molecule has 0 heterocycles. The molecule has 0 radical (unpaired) electrons. The number of hydrogen-bond donors (Lipinski definition) is 3.